The van der Waals surface area contributed by atoms with E-state index in [2.05, 4.69) is 15.5 Å². The van der Waals surface area contributed by atoms with Crippen LogP contribution < -0.4 is 5.32 Å². The van der Waals surface area contributed by atoms with Crippen molar-refractivity contribution in [3.05, 3.63) is 27.9 Å². The number of nitrogens with one attached hydrogen (secondary N) is 1. The normalized spacial score (nSPS) is 18.5. The minimum atomic E-state index is -0.156. The molecule has 0 radical (unpaired) electrons. The van der Waals surface area contributed by atoms with Crippen LogP contribution in [0.15, 0.2) is 12.1 Å². The summed E-state index contributed by atoms with van der Waals surface area (Å²) in [6.07, 6.45) is 4.64. The third kappa shape index (κ3) is 3.46. The Morgan fingerprint density at radius 3 is 2.42 bits per heavy atom. The molecule has 2 fully saturated rings. The predicted octanol–water partition coefficient (Wildman–Crippen LogP) is 3.76. The highest BCUT2D eigenvalue weighted by atomic mass is 35.5. The van der Waals surface area contributed by atoms with Crippen LogP contribution in [-0.4, -0.2) is 53.3 Å². The summed E-state index contributed by atoms with van der Waals surface area (Å²) in [4.78, 5) is 14.7. The second-order valence-corrected chi connectivity index (χ2v) is 7.55. The lowest BCUT2D eigenvalue weighted by atomic mass is 10.1. The number of carbonyl (C=O) groups excluding carboxylic acids is 1. The van der Waals surface area contributed by atoms with Crippen LogP contribution in [0.25, 0.3) is 10.8 Å². The Morgan fingerprint density at radius 2 is 1.73 bits per heavy atom. The molecule has 6 nitrogen and oxygen atoms in total. The SMILES string of the molecule is O=C(c1nnc(NC2CCCC2)c2cc(Cl)c(Cl)cc12)N1CCOCC1. The van der Waals surface area contributed by atoms with Gasteiger partial charge in [-0.3, -0.25) is 4.79 Å². The summed E-state index contributed by atoms with van der Waals surface area (Å²) in [6.45, 7) is 2.16. The molecule has 2 aliphatic rings. The number of rotatable bonds is 3. The molecule has 1 aliphatic carbocycles. The van der Waals surface area contributed by atoms with E-state index in [4.69, 9.17) is 27.9 Å². The molecule has 0 atom stereocenters. The average Bonchev–Trinajstić information content (AvgIpc) is 3.17. The van der Waals surface area contributed by atoms with E-state index >= 15 is 0 Å². The number of amides is 1. The van der Waals surface area contributed by atoms with Crippen molar-refractivity contribution in [3.8, 4) is 0 Å². The van der Waals surface area contributed by atoms with Crippen molar-refractivity contribution in [3.63, 3.8) is 0 Å². The van der Waals surface area contributed by atoms with Crippen LogP contribution in [0.3, 0.4) is 0 Å². The van der Waals surface area contributed by atoms with Crippen molar-refractivity contribution in [2.24, 2.45) is 0 Å². The van der Waals surface area contributed by atoms with Crippen LogP contribution in [-0.2, 0) is 4.74 Å². The minimum absolute atomic E-state index is 0.156. The van der Waals surface area contributed by atoms with E-state index in [1.165, 1.54) is 12.8 Å². The van der Waals surface area contributed by atoms with Crippen molar-refractivity contribution < 1.29 is 9.53 Å². The number of nitrogens with zero attached hydrogens (tertiary/aromatic N) is 3. The first-order valence-electron chi connectivity index (χ1n) is 8.92. The lowest BCUT2D eigenvalue weighted by Crippen LogP contribution is -2.41. The molecule has 138 valence electrons. The van der Waals surface area contributed by atoms with Crippen molar-refractivity contribution in [1.29, 1.82) is 0 Å². The van der Waals surface area contributed by atoms with E-state index < -0.39 is 0 Å². The van der Waals surface area contributed by atoms with Gasteiger partial charge in [0.2, 0.25) is 0 Å². The average molecular weight is 395 g/mol. The predicted molar refractivity (Wildman–Crippen MR) is 102 cm³/mol. The van der Waals surface area contributed by atoms with Crippen LogP contribution in [0, 0.1) is 0 Å². The fourth-order valence-electron chi connectivity index (χ4n) is 3.59. The lowest BCUT2D eigenvalue weighted by molar-refractivity contribution is 0.0300. The highest BCUT2D eigenvalue weighted by Crippen LogP contribution is 2.34. The van der Waals surface area contributed by atoms with Crippen LogP contribution >= 0.6 is 23.2 Å². The monoisotopic (exact) mass is 394 g/mol. The van der Waals surface area contributed by atoms with Gasteiger partial charge in [0.25, 0.3) is 5.91 Å². The first-order chi connectivity index (χ1) is 12.6. The molecule has 1 aliphatic heterocycles. The van der Waals surface area contributed by atoms with Crippen molar-refractivity contribution in [2.75, 3.05) is 31.6 Å². The molecule has 2 heterocycles. The zero-order valence-corrected chi connectivity index (χ0v) is 15.8. The number of anilines is 1. The smallest absolute Gasteiger partial charge is 0.275 e. The minimum Gasteiger partial charge on any atom is -0.378 e. The Bertz CT molecular complexity index is 834. The van der Waals surface area contributed by atoms with Gasteiger partial charge in [0.1, 0.15) is 0 Å². The summed E-state index contributed by atoms with van der Waals surface area (Å²) in [7, 11) is 0. The Labute approximate surface area is 161 Å². The van der Waals surface area contributed by atoms with Gasteiger partial charge >= 0.3 is 0 Å². The highest BCUT2D eigenvalue weighted by molar-refractivity contribution is 6.43. The Morgan fingerprint density at radius 1 is 1.08 bits per heavy atom. The summed E-state index contributed by atoms with van der Waals surface area (Å²) in [5.41, 5.74) is 0.303. The largest absolute Gasteiger partial charge is 0.378 e. The molecule has 26 heavy (non-hydrogen) atoms. The second kappa shape index (κ2) is 7.55. The molecule has 0 spiro atoms. The van der Waals surface area contributed by atoms with Crippen LogP contribution in [0.4, 0.5) is 5.82 Å². The number of morpholine rings is 1. The zero-order chi connectivity index (χ0) is 18.1. The highest BCUT2D eigenvalue weighted by Gasteiger charge is 2.25. The quantitative estimate of drug-likeness (QED) is 0.857. The summed E-state index contributed by atoms with van der Waals surface area (Å²) in [5.74, 6) is 0.501. The lowest BCUT2D eigenvalue weighted by Gasteiger charge is -2.27. The fraction of sp³-hybridized carbons (Fsp3) is 0.500. The van der Waals surface area contributed by atoms with Gasteiger partial charge in [0.15, 0.2) is 11.5 Å². The van der Waals surface area contributed by atoms with Crippen molar-refractivity contribution in [1.82, 2.24) is 15.1 Å². The number of fused-ring (bicyclic) bond motifs is 1. The first-order valence-corrected chi connectivity index (χ1v) is 9.68. The van der Waals surface area contributed by atoms with Gasteiger partial charge in [-0.1, -0.05) is 36.0 Å². The molecule has 0 bridgehead atoms. The summed E-state index contributed by atoms with van der Waals surface area (Å²) in [5, 5.41) is 14.3. The Hall–Kier alpha value is -1.63. The Balaban J connectivity index is 1.76. The van der Waals surface area contributed by atoms with E-state index in [1.807, 2.05) is 0 Å². The number of benzene rings is 1. The molecule has 1 N–H and O–H groups in total. The number of aromatic nitrogens is 2. The molecule has 4 rings (SSSR count). The molecular formula is C18H20Cl2N4O2. The first kappa shape index (κ1) is 17.8. The van der Waals surface area contributed by atoms with Gasteiger partial charge in [0.05, 0.1) is 23.3 Å². The van der Waals surface area contributed by atoms with Crippen molar-refractivity contribution >= 4 is 45.7 Å². The van der Waals surface area contributed by atoms with Crippen LogP contribution in [0.1, 0.15) is 36.2 Å². The summed E-state index contributed by atoms with van der Waals surface area (Å²) >= 11 is 12.5. The standard InChI is InChI=1S/C18H20Cl2N4O2/c19-14-9-12-13(10-15(14)20)17(21-11-3-1-2-4-11)23-22-16(12)18(25)24-5-7-26-8-6-24/h9-11H,1-8H2,(H,21,23). The van der Waals surface area contributed by atoms with Gasteiger partial charge < -0.3 is 15.0 Å². The van der Waals surface area contributed by atoms with E-state index in [-0.39, 0.29) is 5.91 Å². The zero-order valence-electron chi connectivity index (χ0n) is 14.3. The molecular weight excluding hydrogens is 375 g/mol. The van der Waals surface area contributed by atoms with Gasteiger partial charge in [-0.15, -0.1) is 10.2 Å². The van der Waals surface area contributed by atoms with Crippen LogP contribution in [0.2, 0.25) is 10.0 Å². The van der Waals surface area contributed by atoms with Gasteiger partial charge in [-0.25, -0.2) is 0 Å². The number of hydrogen-bond acceptors (Lipinski definition) is 5. The molecule has 1 saturated heterocycles. The topological polar surface area (TPSA) is 67.4 Å². The third-order valence-corrected chi connectivity index (χ3v) is 5.74. The van der Waals surface area contributed by atoms with Crippen molar-refractivity contribution in [2.45, 2.75) is 31.7 Å². The van der Waals surface area contributed by atoms with Gasteiger partial charge in [0, 0.05) is 29.9 Å². The Kier molecular flexibility index (Phi) is 5.16. The number of ether oxygens (including phenoxy) is 1. The third-order valence-electron chi connectivity index (χ3n) is 5.02. The van der Waals surface area contributed by atoms with E-state index in [1.54, 1.807) is 17.0 Å². The number of hydrogen-bond donors (Lipinski definition) is 1. The molecule has 2 aromatic rings. The maximum atomic E-state index is 12.9. The van der Waals surface area contributed by atoms with Crippen LogP contribution in [0.5, 0.6) is 0 Å². The molecule has 1 amide bonds. The second-order valence-electron chi connectivity index (χ2n) is 6.74. The number of halogens is 2. The summed E-state index contributed by atoms with van der Waals surface area (Å²) < 4.78 is 5.32. The maximum Gasteiger partial charge on any atom is 0.275 e. The molecule has 1 saturated carbocycles. The number of carbonyl (C=O) groups is 1. The van der Waals surface area contributed by atoms with E-state index in [0.717, 1.165) is 18.2 Å². The van der Waals surface area contributed by atoms with Gasteiger partial charge in [-0.05, 0) is 25.0 Å². The molecule has 8 heteroatoms. The van der Waals surface area contributed by atoms with E-state index in [0.29, 0.717) is 59.3 Å². The van der Waals surface area contributed by atoms with E-state index in [9.17, 15) is 4.79 Å². The fourth-order valence-corrected chi connectivity index (χ4v) is 3.92. The molecule has 1 aromatic carbocycles. The molecule has 0 unspecified atom stereocenters. The molecule has 1 aromatic heterocycles. The van der Waals surface area contributed by atoms with Gasteiger partial charge in [-0.2, -0.15) is 0 Å². The maximum absolute atomic E-state index is 12.9. The summed E-state index contributed by atoms with van der Waals surface area (Å²) in [6, 6.07) is 3.85.